The van der Waals surface area contributed by atoms with Crippen LogP contribution in [0.5, 0.6) is 23.0 Å². The van der Waals surface area contributed by atoms with Crippen molar-refractivity contribution in [3.8, 4) is 23.0 Å². The lowest BCUT2D eigenvalue weighted by Crippen LogP contribution is -2.59. The minimum Gasteiger partial charge on any atom is -0.493 e. The maximum Gasteiger partial charge on any atom is 0.339 e. The molecule has 8 atom stereocenters. The van der Waals surface area contributed by atoms with E-state index in [1.54, 1.807) is 43.3 Å². The number of hydrogen-bond donors (Lipinski definition) is 4. The number of hydrogen-bond acceptors (Lipinski definition) is 12. The monoisotopic (exact) mass is 564 g/mol. The minimum atomic E-state index is -2.04. The van der Waals surface area contributed by atoms with Crippen molar-refractivity contribution >= 4 is 5.97 Å². The fourth-order valence-electron chi connectivity index (χ4n) is 5.21. The van der Waals surface area contributed by atoms with Crippen LogP contribution in [0.3, 0.4) is 0 Å². The van der Waals surface area contributed by atoms with Gasteiger partial charge in [-0.15, -0.1) is 0 Å². The fraction of sp³-hybridized carbons (Fsp3) is 0.536. The summed E-state index contributed by atoms with van der Waals surface area (Å²) in [5.74, 6) is -0.497. The van der Waals surface area contributed by atoms with E-state index in [2.05, 4.69) is 0 Å². The number of rotatable bonds is 10. The van der Waals surface area contributed by atoms with Gasteiger partial charge < -0.3 is 53.6 Å². The summed E-state index contributed by atoms with van der Waals surface area (Å²) in [4.78, 5) is 13.0. The summed E-state index contributed by atoms with van der Waals surface area (Å²) >= 11 is 0. The molecule has 12 heteroatoms. The van der Waals surface area contributed by atoms with Gasteiger partial charge in [0.1, 0.15) is 24.4 Å². The first-order chi connectivity index (χ1) is 19.1. The van der Waals surface area contributed by atoms with E-state index < -0.39 is 60.9 Å². The molecule has 0 saturated carbocycles. The summed E-state index contributed by atoms with van der Waals surface area (Å²) in [7, 11) is 5.76. The van der Waals surface area contributed by atoms with Crippen LogP contribution < -0.4 is 18.9 Å². The van der Waals surface area contributed by atoms with Crippen LogP contribution >= 0.6 is 0 Å². The molecule has 2 aromatic carbocycles. The number of aliphatic hydroxyl groups is 4. The zero-order chi connectivity index (χ0) is 29.2. The molecule has 0 spiro atoms. The second-order valence-corrected chi connectivity index (χ2v) is 9.82. The topological polar surface area (TPSA) is 163 Å². The van der Waals surface area contributed by atoms with Gasteiger partial charge in [0.25, 0.3) is 0 Å². The molecule has 0 amide bonds. The first kappa shape index (κ1) is 29.8. The van der Waals surface area contributed by atoms with Crippen LogP contribution in [0.15, 0.2) is 36.4 Å². The highest BCUT2D eigenvalue weighted by Crippen LogP contribution is 2.45. The summed E-state index contributed by atoms with van der Waals surface area (Å²) in [5, 5.41) is 42.5. The second-order valence-electron chi connectivity index (χ2n) is 9.82. The van der Waals surface area contributed by atoms with Crippen LogP contribution in [0.25, 0.3) is 0 Å². The molecule has 220 valence electrons. The number of benzene rings is 2. The molecule has 2 aromatic rings. The highest BCUT2D eigenvalue weighted by molar-refractivity contribution is 5.83. The molecule has 2 saturated heterocycles. The molecular formula is C28H36O12. The Kier molecular flexibility index (Phi) is 9.08. The zero-order valence-electron chi connectivity index (χ0n) is 23.0. The van der Waals surface area contributed by atoms with Crippen molar-refractivity contribution < 1.29 is 58.4 Å². The summed E-state index contributed by atoms with van der Waals surface area (Å²) in [6, 6.07) is 9.70. The van der Waals surface area contributed by atoms with Crippen molar-refractivity contribution in [1.82, 2.24) is 0 Å². The van der Waals surface area contributed by atoms with Gasteiger partial charge in [0.15, 0.2) is 28.6 Å². The molecule has 0 radical (unpaired) electrons. The molecule has 40 heavy (non-hydrogen) atoms. The Hall–Kier alpha value is -3.13. The molecule has 1 unspecified atom stereocenters. The van der Waals surface area contributed by atoms with Gasteiger partial charge in [-0.3, -0.25) is 0 Å². The zero-order valence-corrected chi connectivity index (χ0v) is 23.0. The van der Waals surface area contributed by atoms with Crippen LogP contribution in [-0.2, 0) is 25.4 Å². The van der Waals surface area contributed by atoms with E-state index in [1.807, 2.05) is 0 Å². The van der Waals surface area contributed by atoms with Crippen molar-refractivity contribution in [2.75, 3.05) is 35.0 Å². The normalized spacial score (nSPS) is 31.9. The van der Waals surface area contributed by atoms with Gasteiger partial charge >= 0.3 is 5.97 Å². The minimum absolute atomic E-state index is 0.185. The van der Waals surface area contributed by atoms with Gasteiger partial charge in [-0.1, -0.05) is 12.1 Å². The maximum atomic E-state index is 13.0. The van der Waals surface area contributed by atoms with Gasteiger partial charge in [0.05, 0.1) is 40.0 Å². The molecular weight excluding hydrogens is 528 g/mol. The average molecular weight is 565 g/mol. The number of carbonyl (C=O) groups is 1. The third kappa shape index (κ3) is 5.42. The lowest BCUT2D eigenvalue weighted by atomic mass is 9.80. The third-order valence-electron chi connectivity index (χ3n) is 7.50. The van der Waals surface area contributed by atoms with Gasteiger partial charge in [0, 0.05) is 13.5 Å². The number of esters is 1. The standard InChI is InChI=1S/C28H36O12/c1-14-22(30)25(37-5)23(31)26(38-14)39-19-8-6-15(10-20(19)35-3)12-28(33)17(13-29)24(40-27(28)32)16-7-9-18(34-2)21(11-16)36-4/h6-11,14,17,22-26,29-31,33H,12-13H2,1-5H3/t14-,17+,22-,23+,24+,25+,26-,28?/m0/s1. The van der Waals surface area contributed by atoms with Crippen LogP contribution in [0.1, 0.15) is 24.2 Å². The summed E-state index contributed by atoms with van der Waals surface area (Å²) < 4.78 is 38.3. The van der Waals surface area contributed by atoms with E-state index in [0.29, 0.717) is 22.6 Å². The highest BCUT2D eigenvalue weighted by Gasteiger charge is 2.56. The quantitative estimate of drug-likeness (QED) is 0.300. The highest BCUT2D eigenvalue weighted by atomic mass is 16.7. The Bertz CT molecular complexity index is 1190. The Morgan fingerprint density at radius 1 is 0.900 bits per heavy atom. The van der Waals surface area contributed by atoms with Crippen molar-refractivity contribution in [2.24, 2.45) is 5.92 Å². The summed E-state index contributed by atoms with van der Waals surface area (Å²) in [6.45, 7) is 1.11. The number of aliphatic hydroxyl groups excluding tert-OH is 3. The Balaban J connectivity index is 1.56. The van der Waals surface area contributed by atoms with Gasteiger partial charge in [-0.2, -0.15) is 0 Å². The Morgan fingerprint density at radius 2 is 1.55 bits per heavy atom. The van der Waals surface area contributed by atoms with Gasteiger partial charge in [0.2, 0.25) is 6.29 Å². The molecule has 0 bridgehead atoms. The van der Waals surface area contributed by atoms with Crippen LogP contribution in [0.4, 0.5) is 0 Å². The van der Waals surface area contributed by atoms with Gasteiger partial charge in [-0.25, -0.2) is 4.79 Å². The van der Waals surface area contributed by atoms with Crippen LogP contribution in [-0.4, -0.2) is 97.7 Å². The first-order valence-electron chi connectivity index (χ1n) is 12.8. The SMILES string of the molecule is COc1ccc([C@H]2OC(=O)C(O)(Cc3ccc(O[C@@H]4O[C@@H](C)[C@H](O)[C@@H](OC)[C@H]4O)c(OC)c3)[C@@H]2CO)cc1OC. The number of cyclic esters (lactones) is 1. The van der Waals surface area contributed by atoms with Crippen molar-refractivity contribution in [3.05, 3.63) is 47.5 Å². The maximum absolute atomic E-state index is 13.0. The summed E-state index contributed by atoms with van der Waals surface area (Å²) in [6.07, 6.45) is -6.18. The summed E-state index contributed by atoms with van der Waals surface area (Å²) in [5.41, 5.74) is -1.01. The van der Waals surface area contributed by atoms with Gasteiger partial charge in [-0.05, 0) is 42.3 Å². The Morgan fingerprint density at radius 3 is 2.17 bits per heavy atom. The molecule has 4 N–H and O–H groups in total. The first-order valence-corrected chi connectivity index (χ1v) is 12.8. The van der Waals surface area contributed by atoms with E-state index in [1.165, 1.54) is 28.4 Å². The molecule has 2 fully saturated rings. The largest absolute Gasteiger partial charge is 0.493 e. The van der Waals surface area contributed by atoms with Crippen molar-refractivity contribution in [1.29, 1.82) is 0 Å². The third-order valence-corrected chi connectivity index (χ3v) is 7.50. The predicted octanol–water partition coefficient (Wildman–Crippen LogP) is 0.753. The van der Waals surface area contributed by atoms with E-state index in [-0.39, 0.29) is 17.9 Å². The average Bonchev–Trinajstić information content (AvgIpc) is 3.20. The fourth-order valence-corrected chi connectivity index (χ4v) is 5.21. The molecule has 2 heterocycles. The molecule has 12 nitrogen and oxygen atoms in total. The number of ether oxygens (including phenoxy) is 7. The number of carbonyl (C=O) groups excluding carboxylic acids is 1. The van der Waals surface area contributed by atoms with E-state index >= 15 is 0 Å². The van der Waals surface area contributed by atoms with Crippen molar-refractivity contribution in [2.45, 2.75) is 55.8 Å². The smallest absolute Gasteiger partial charge is 0.339 e. The van der Waals surface area contributed by atoms with Crippen LogP contribution in [0.2, 0.25) is 0 Å². The van der Waals surface area contributed by atoms with E-state index in [4.69, 9.17) is 33.2 Å². The number of methoxy groups -OCH3 is 4. The Labute approximate surface area is 231 Å². The van der Waals surface area contributed by atoms with Crippen molar-refractivity contribution in [3.63, 3.8) is 0 Å². The molecule has 4 rings (SSSR count). The predicted molar refractivity (Wildman–Crippen MR) is 138 cm³/mol. The molecule has 0 aliphatic carbocycles. The molecule has 0 aromatic heterocycles. The lowest BCUT2D eigenvalue weighted by molar-refractivity contribution is -0.273. The lowest BCUT2D eigenvalue weighted by Gasteiger charge is -2.40. The second kappa shape index (κ2) is 12.2. The van der Waals surface area contributed by atoms with Crippen LogP contribution in [0, 0.1) is 5.92 Å². The molecule has 2 aliphatic rings. The molecule has 2 aliphatic heterocycles. The van der Waals surface area contributed by atoms with E-state index in [9.17, 15) is 25.2 Å². The van der Waals surface area contributed by atoms with E-state index in [0.717, 1.165) is 0 Å².